The molecule has 0 atom stereocenters. The van der Waals surface area contributed by atoms with Crippen LogP contribution >= 0.6 is 11.8 Å². The number of rotatable bonds is 6. The molecule has 1 heterocycles. The third-order valence-corrected chi connectivity index (χ3v) is 5.02. The van der Waals surface area contributed by atoms with E-state index in [0.717, 1.165) is 35.0 Å². The maximum Gasteiger partial charge on any atom is 0.266 e. The van der Waals surface area contributed by atoms with Gasteiger partial charge in [0.2, 0.25) is 0 Å². The van der Waals surface area contributed by atoms with Crippen LogP contribution in [0.4, 0.5) is 5.69 Å². The zero-order valence-corrected chi connectivity index (χ0v) is 15.8. The number of para-hydroxylation sites is 1. The van der Waals surface area contributed by atoms with Crippen molar-refractivity contribution in [2.45, 2.75) is 19.8 Å². The van der Waals surface area contributed by atoms with Gasteiger partial charge in [-0.3, -0.25) is 9.69 Å². The standard InChI is InChI=1S/C21H22N2O2S/c1-3-4-14-23-20(24)19(15-16-10-12-18(25-2)13-11-16)26-21(23)22-17-8-6-5-7-9-17/h5-13,15H,3-4,14H2,1-2H3/b19-15-,22-21-. The van der Waals surface area contributed by atoms with Gasteiger partial charge in [0.15, 0.2) is 5.17 Å². The van der Waals surface area contributed by atoms with Gasteiger partial charge in [0.25, 0.3) is 5.91 Å². The highest BCUT2D eigenvalue weighted by Crippen LogP contribution is 2.34. The first kappa shape index (κ1) is 18.3. The van der Waals surface area contributed by atoms with Crippen LogP contribution < -0.4 is 4.74 Å². The van der Waals surface area contributed by atoms with Gasteiger partial charge >= 0.3 is 0 Å². The number of aliphatic imine (C=N–C) groups is 1. The number of carbonyl (C=O) groups excluding carboxylic acids is 1. The van der Waals surface area contributed by atoms with Crippen molar-refractivity contribution in [3.63, 3.8) is 0 Å². The maximum absolute atomic E-state index is 12.9. The molecule has 3 rings (SSSR count). The third-order valence-electron chi connectivity index (χ3n) is 4.02. The molecule has 1 saturated heterocycles. The minimum absolute atomic E-state index is 0.0222. The normalized spacial score (nSPS) is 17.3. The lowest BCUT2D eigenvalue weighted by Gasteiger charge is -2.14. The first-order valence-electron chi connectivity index (χ1n) is 8.70. The number of benzene rings is 2. The highest BCUT2D eigenvalue weighted by molar-refractivity contribution is 8.18. The Bertz CT molecular complexity index is 814. The molecule has 1 amide bonds. The number of amidine groups is 1. The predicted molar refractivity (Wildman–Crippen MR) is 109 cm³/mol. The summed E-state index contributed by atoms with van der Waals surface area (Å²) in [6, 6.07) is 17.4. The Morgan fingerprint density at radius 1 is 1.12 bits per heavy atom. The fourth-order valence-corrected chi connectivity index (χ4v) is 3.59. The molecule has 2 aromatic carbocycles. The van der Waals surface area contributed by atoms with Gasteiger partial charge < -0.3 is 4.74 Å². The first-order chi connectivity index (χ1) is 12.7. The van der Waals surface area contributed by atoms with Crippen LogP contribution in [0.1, 0.15) is 25.3 Å². The van der Waals surface area contributed by atoms with Gasteiger partial charge in [-0.25, -0.2) is 4.99 Å². The fraction of sp³-hybridized carbons (Fsp3) is 0.238. The highest BCUT2D eigenvalue weighted by Gasteiger charge is 2.32. The summed E-state index contributed by atoms with van der Waals surface area (Å²) in [5.74, 6) is 0.822. The van der Waals surface area contributed by atoms with E-state index in [-0.39, 0.29) is 5.91 Å². The summed E-state index contributed by atoms with van der Waals surface area (Å²) in [6.07, 6.45) is 3.90. The summed E-state index contributed by atoms with van der Waals surface area (Å²) in [6.45, 7) is 2.81. The second kappa shape index (κ2) is 8.72. The van der Waals surface area contributed by atoms with E-state index in [9.17, 15) is 4.79 Å². The van der Waals surface area contributed by atoms with E-state index in [1.807, 2.05) is 60.7 Å². The van der Waals surface area contributed by atoms with Gasteiger partial charge in [0, 0.05) is 6.54 Å². The average Bonchev–Trinajstić information content (AvgIpc) is 2.96. The molecule has 0 aliphatic carbocycles. The number of unbranched alkanes of at least 4 members (excludes halogenated alkanes) is 1. The minimum atomic E-state index is 0.0222. The van der Waals surface area contributed by atoms with Crippen LogP contribution in [0.5, 0.6) is 5.75 Å². The van der Waals surface area contributed by atoms with Crippen LogP contribution in [0.3, 0.4) is 0 Å². The lowest BCUT2D eigenvalue weighted by atomic mass is 10.2. The summed E-state index contributed by atoms with van der Waals surface area (Å²) in [7, 11) is 1.64. The van der Waals surface area contributed by atoms with Crippen molar-refractivity contribution in [1.29, 1.82) is 0 Å². The summed E-state index contributed by atoms with van der Waals surface area (Å²) >= 11 is 1.43. The monoisotopic (exact) mass is 366 g/mol. The van der Waals surface area contributed by atoms with Crippen LogP contribution in [0.2, 0.25) is 0 Å². The van der Waals surface area contributed by atoms with Crippen molar-refractivity contribution in [3.8, 4) is 5.75 Å². The molecule has 1 aliphatic rings. The van der Waals surface area contributed by atoms with E-state index >= 15 is 0 Å². The number of thioether (sulfide) groups is 1. The maximum atomic E-state index is 12.9. The SMILES string of the molecule is CCCCN1C(=O)/C(=C/c2ccc(OC)cc2)S/C1=N\c1ccccc1. The highest BCUT2D eigenvalue weighted by atomic mass is 32.2. The molecular formula is C21H22N2O2S. The van der Waals surface area contributed by atoms with Crippen LogP contribution in [0.25, 0.3) is 6.08 Å². The largest absolute Gasteiger partial charge is 0.497 e. The number of ether oxygens (including phenoxy) is 1. The molecule has 0 aromatic heterocycles. The molecule has 4 nitrogen and oxygen atoms in total. The Hall–Kier alpha value is -2.53. The predicted octanol–water partition coefficient (Wildman–Crippen LogP) is 5.10. The van der Waals surface area contributed by atoms with E-state index < -0.39 is 0 Å². The van der Waals surface area contributed by atoms with E-state index in [4.69, 9.17) is 4.74 Å². The van der Waals surface area contributed by atoms with Gasteiger partial charge in [-0.15, -0.1) is 0 Å². The summed E-state index contributed by atoms with van der Waals surface area (Å²) in [5.41, 5.74) is 1.83. The molecular weight excluding hydrogens is 344 g/mol. The van der Waals surface area contributed by atoms with Crippen molar-refractivity contribution in [1.82, 2.24) is 4.90 Å². The van der Waals surface area contributed by atoms with Gasteiger partial charge in [-0.2, -0.15) is 0 Å². The van der Waals surface area contributed by atoms with Gasteiger partial charge in [0.1, 0.15) is 5.75 Å². The van der Waals surface area contributed by atoms with Crippen molar-refractivity contribution in [3.05, 3.63) is 65.1 Å². The fourth-order valence-electron chi connectivity index (χ4n) is 2.57. The molecule has 134 valence electrons. The quantitative estimate of drug-likeness (QED) is 0.668. The minimum Gasteiger partial charge on any atom is -0.497 e. The van der Waals surface area contributed by atoms with Gasteiger partial charge in [-0.05, 0) is 54.1 Å². The van der Waals surface area contributed by atoms with Crippen LogP contribution in [-0.2, 0) is 4.79 Å². The average molecular weight is 366 g/mol. The van der Waals surface area contributed by atoms with E-state index in [2.05, 4.69) is 11.9 Å². The van der Waals surface area contributed by atoms with Crippen LogP contribution in [-0.4, -0.2) is 29.6 Å². The third kappa shape index (κ3) is 4.35. The van der Waals surface area contributed by atoms with E-state index in [1.165, 1.54) is 11.8 Å². The molecule has 0 bridgehead atoms. The summed E-state index contributed by atoms with van der Waals surface area (Å²) in [4.78, 5) is 20.0. The smallest absolute Gasteiger partial charge is 0.266 e. The molecule has 0 spiro atoms. The van der Waals surface area contributed by atoms with E-state index in [0.29, 0.717) is 11.4 Å². The number of hydrogen-bond donors (Lipinski definition) is 0. The molecule has 0 radical (unpaired) electrons. The second-order valence-corrected chi connectivity index (χ2v) is 6.93. The Kier molecular flexibility index (Phi) is 6.12. The number of methoxy groups -OCH3 is 1. The number of carbonyl (C=O) groups is 1. The topological polar surface area (TPSA) is 41.9 Å². The zero-order chi connectivity index (χ0) is 18.4. The number of amides is 1. The Balaban J connectivity index is 1.89. The zero-order valence-electron chi connectivity index (χ0n) is 15.0. The van der Waals surface area contributed by atoms with E-state index in [1.54, 1.807) is 12.0 Å². The van der Waals surface area contributed by atoms with Crippen molar-refractivity contribution in [2.24, 2.45) is 4.99 Å². The lowest BCUT2D eigenvalue weighted by molar-refractivity contribution is -0.122. The van der Waals surface area contributed by atoms with Gasteiger partial charge in [0.05, 0.1) is 17.7 Å². The lowest BCUT2D eigenvalue weighted by Crippen LogP contribution is -2.30. The summed E-state index contributed by atoms with van der Waals surface area (Å²) < 4.78 is 5.18. The number of hydrogen-bond acceptors (Lipinski definition) is 4. The Morgan fingerprint density at radius 3 is 2.50 bits per heavy atom. The van der Waals surface area contributed by atoms with Crippen molar-refractivity contribution >= 4 is 34.6 Å². The molecule has 0 saturated carbocycles. The Labute approximate surface area is 158 Å². The van der Waals surface area contributed by atoms with Crippen molar-refractivity contribution in [2.75, 3.05) is 13.7 Å². The van der Waals surface area contributed by atoms with Gasteiger partial charge in [-0.1, -0.05) is 43.7 Å². The molecule has 0 N–H and O–H groups in total. The first-order valence-corrected chi connectivity index (χ1v) is 9.52. The molecule has 2 aromatic rings. The number of nitrogens with zero attached hydrogens (tertiary/aromatic N) is 2. The van der Waals surface area contributed by atoms with Crippen LogP contribution in [0, 0.1) is 0 Å². The molecule has 26 heavy (non-hydrogen) atoms. The molecule has 0 unspecified atom stereocenters. The summed E-state index contributed by atoms with van der Waals surface area (Å²) in [5, 5.41) is 0.745. The van der Waals surface area contributed by atoms with Crippen molar-refractivity contribution < 1.29 is 9.53 Å². The molecule has 1 aliphatic heterocycles. The Morgan fingerprint density at radius 2 is 1.85 bits per heavy atom. The van der Waals surface area contributed by atoms with Crippen LogP contribution in [0.15, 0.2) is 64.5 Å². The molecule has 1 fully saturated rings. The molecule has 5 heteroatoms. The second-order valence-electron chi connectivity index (χ2n) is 5.92.